The van der Waals surface area contributed by atoms with Crippen molar-refractivity contribution in [2.45, 2.75) is 37.1 Å². The molecule has 0 saturated carbocycles. The summed E-state index contributed by atoms with van der Waals surface area (Å²) in [4.78, 5) is 40.9. The maximum atomic E-state index is 14.0. The smallest absolute Gasteiger partial charge is 0.339 e. The number of fused-ring (bicyclic) bond motifs is 4. The Hall–Kier alpha value is -6.83. The van der Waals surface area contributed by atoms with Gasteiger partial charge in [0, 0.05) is 11.1 Å². The Kier molecular flexibility index (Phi) is 9.78. The third kappa shape index (κ3) is 6.76. The Labute approximate surface area is 301 Å². The minimum Gasteiger partial charge on any atom is -0.508 e. The Balaban J connectivity index is 1.44. The fraction of sp³-hybridized carbons (Fsp3) is 0.229. The zero-order valence-corrected chi connectivity index (χ0v) is 27.3. The van der Waals surface area contributed by atoms with E-state index in [0.717, 1.165) is 0 Å². The number of carbonyl (C=O) groups excluding carboxylic acids is 3. The number of aliphatic hydroxyl groups is 1. The average Bonchev–Trinajstić information content (AvgIpc) is 3.15. The SMILES string of the molecule is O=C(OC1C(O)C(OCCc2ccc(O)cc2)OC2COC(=O)c3cc(O)c(O)c(O)c3-c3c(cc(O)c(O)c3O)C(=O)OC21)c1cc(O)c(O)c(O)c1. The van der Waals surface area contributed by atoms with E-state index in [1.54, 1.807) is 12.1 Å². The number of rotatable bonds is 6. The summed E-state index contributed by atoms with van der Waals surface area (Å²) in [5.41, 5.74) is -3.35. The summed E-state index contributed by atoms with van der Waals surface area (Å²) in [6.45, 7) is -1.08. The number of aromatic hydroxyl groups is 10. The minimum absolute atomic E-state index is 0.00210. The number of cyclic esters (lactones) is 1. The Morgan fingerprint density at radius 1 is 0.704 bits per heavy atom. The number of hydrogen-bond donors (Lipinski definition) is 11. The molecule has 0 amide bonds. The van der Waals surface area contributed by atoms with Gasteiger partial charge in [0.15, 0.2) is 58.7 Å². The van der Waals surface area contributed by atoms with E-state index in [1.165, 1.54) is 12.1 Å². The lowest BCUT2D eigenvalue weighted by Crippen LogP contribution is -2.62. The number of ether oxygens (including phenoxy) is 5. The quantitative estimate of drug-likeness (QED) is 0.0757. The second kappa shape index (κ2) is 14.3. The molecule has 54 heavy (non-hydrogen) atoms. The first kappa shape index (κ1) is 36.9. The fourth-order valence-corrected chi connectivity index (χ4v) is 5.85. The summed E-state index contributed by atoms with van der Waals surface area (Å²) in [6.07, 6.45) is -9.23. The van der Waals surface area contributed by atoms with Gasteiger partial charge in [0.1, 0.15) is 24.6 Å². The molecular weight excluding hydrogens is 724 g/mol. The molecule has 284 valence electrons. The van der Waals surface area contributed by atoms with Crippen LogP contribution in [0.1, 0.15) is 36.6 Å². The first-order valence-corrected chi connectivity index (χ1v) is 15.7. The molecule has 2 aliphatic rings. The molecule has 11 N–H and O–H groups in total. The number of phenolic OH excluding ortho intramolecular Hbond substituents is 10. The second-order valence-corrected chi connectivity index (χ2v) is 12.1. The van der Waals surface area contributed by atoms with Gasteiger partial charge in [0.25, 0.3) is 0 Å². The van der Waals surface area contributed by atoms with Crippen LogP contribution in [0.2, 0.25) is 0 Å². The van der Waals surface area contributed by atoms with Crippen LogP contribution in [0.25, 0.3) is 11.1 Å². The van der Waals surface area contributed by atoms with Crippen molar-refractivity contribution in [2.24, 2.45) is 0 Å². The monoisotopic (exact) mass is 754 g/mol. The Morgan fingerprint density at radius 2 is 1.24 bits per heavy atom. The lowest BCUT2D eigenvalue weighted by Gasteiger charge is -2.43. The second-order valence-electron chi connectivity index (χ2n) is 12.1. The highest BCUT2D eigenvalue weighted by Crippen LogP contribution is 2.53. The van der Waals surface area contributed by atoms with E-state index < -0.39 is 135 Å². The lowest BCUT2D eigenvalue weighted by atomic mass is 9.92. The van der Waals surface area contributed by atoms with Gasteiger partial charge in [-0.15, -0.1) is 0 Å². The van der Waals surface area contributed by atoms with Crippen LogP contribution in [0.5, 0.6) is 57.5 Å². The molecule has 5 unspecified atom stereocenters. The maximum Gasteiger partial charge on any atom is 0.339 e. The largest absolute Gasteiger partial charge is 0.508 e. The Bertz CT molecular complexity index is 2120. The van der Waals surface area contributed by atoms with Crippen molar-refractivity contribution >= 4 is 17.9 Å². The number of hydrogen-bond acceptors (Lipinski definition) is 19. The Morgan fingerprint density at radius 3 is 1.81 bits per heavy atom. The van der Waals surface area contributed by atoms with E-state index in [-0.39, 0.29) is 18.8 Å². The molecule has 6 rings (SSSR count). The molecule has 0 aromatic heterocycles. The van der Waals surface area contributed by atoms with Crippen molar-refractivity contribution in [2.75, 3.05) is 13.2 Å². The van der Waals surface area contributed by atoms with E-state index in [2.05, 4.69) is 0 Å². The van der Waals surface area contributed by atoms with Gasteiger partial charge in [0.2, 0.25) is 11.5 Å². The molecule has 4 aromatic rings. The van der Waals surface area contributed by atoms with Crippen molar-refractivity contribution in [3.8, 4) is 68.6 Å². The first-order valence-electron chi connectivity index (χ1n) is 15.7. The molecular formula is C35H30O19. The van der Waals surface area contributed by atoms with Gasteiger partial charge in [-0.1, -0.05) is 12.1 Å². The summed E-state index contributed by atoms with van der Waals surface area (Å²) in [7, 11) is 0. The average molecular weight is 755 g/mol. The van der Waals surface area contributed by atoms with Crippen LogP contribution in [-0.4, -0.2) is 118 Å². The molecule has 0 spiro atoms. The highest BCUT2D eigenvalue weighted by atomic mass is 16.7. The third-order valence-corrected chi connectivity index (χ3v) is 8.59. The van der Waals surface area contributed by atoms with E-state index in [4.69, 9.17) is 23.7 Å². The number of aliphatic hydroxyl groups excluding tert-OH is 1. The van der Waals surface area contributed by atoms with Crippen LogP contribution in [0.3, 0.4) is 0 Å². The first-order chi connectivity index (χ1) is 25.6. The lowest BCUT2D eigenvalue weighted by molar-refractivity contribution is -0.299. The standard InChI is InChI=1S/C35H30O19/c36-14-3-1-12(2-4-14)5-6-50-35-29(46)31(54-32(47)13-7-17(37)24(41)18(38)8-13)30-21(52-35)11-51-33(48)15-9-19(39)25(42)27(44)22(15)23-16(34(49)53-30)10-20(40)26(43)28(23)45/h1-4,7-10,21,29-31,35-46H,5-6,11H2. The van der Waals surface area contributed by atoms with Crippen LogP contribution in [0, 0.1) is 0 Å². The third-order valence-electron chi connectivity index (χ3n) is 8.59. The van der Waals surface area contributed by atoms with Crippen LogP contribution in [-0.2, 0) is 30.1 Å². The van der Waals surface area contributed by atoms with Gasteiger partial charge in [-0.3, -0.25) is 0 Å². The number of phenols is 10. The summed E-state index contributed by atoms with van der Waals surface area (Å²) in [5.74, 6) is -14.4. The summed E-state index contributed by atoms with van der Waals surface area (Å²) in [5, 5.41) is 114. The molecule has 4 aromatic carbocycles. The normalized spacial score (nSPS) is 21.0. The zero-order chi connectivity index (χ0) is 39.2. The predicted octanol–water partition coefficient (Wildman–Crippen LogP) is 1.68. The van der Waals surface area contributed by atoms with Gasteiger partial charge >= 0.3 is 17.9 Å². The van der Waals surface area contributed by atoms with Crippen LogP contribution < -0.4 is 0 Å². The minimum atomic E-state index is -2.03. The summed E-state index contributed by atoms with van der Waals surface area (Å²) >= 11 is 0. The number of benzene rings is 4. The predicted molar refractivity (Wildman–Crippen MR) is 174 cm³/mol. The summed E-state index contributed by atoms with van der Waals surface area (Å²) < 4.78 is 28.1. The van der Waals surface area contributed by atoms with Gasteiger partial charge < -0.3 is 79.9 Å². The van der Waals surface area contributed by atoms with Crippen molar-refractivity contribution < 1.29 is 94.2 Å². The van der Waals surface area contributed by atoms with E-state index in [9.17, 15) is 70.6 Å². The molecule has 0 bridgehead atoms. The maximum absolute atomic E-state index is 14.0. The van der Waals surface area contributed by atoms with Crippen LogP contribution in [0.15, 0.2) is 48.5 Å². The molecule has 1 saturated heterocycles. The molecule has 0 radical (unpaired) electrons. The molecule has 0 aliphatic carbocycles. The van der Waals surface area contributed by atoms with E-state index in [0.29, 0.717) is 29.8 Å². The van der Waals surface area contributed by atoms with E-state index in [1.807, 2.05) is 0 Å². The highest BCUT2D eigenvalue weighted by Gasteiger charge is 2.51. The van der Waals surface area contributed by atoms with Crippen molar-refractivity contribution in [3.63, 3.8) is 0 Å². The number of esters is 3. The molecule has 5 atom stereocenters. The summed E-state index contributed by atoms with van der Waals surface area (Å²) in [6, 6.07) is 8.59. The molecule has 1 fully saturated rings. The van der Waals surface area contributed by atoms with Gasteiger partial charge in [-0.25, -0.2) is 14.4 Å². The van der Waals surface area contributed by atoms with Crippen molar-refractivity contribution in [3.05, 3.63) is 70.8 Å². The van der Waals surface area contributed by atoms with Crippen LogP contribution >= 0.6 is 0 Å². The van der Waals surface area contributed by atoms with Gasteiger partial charge in [0.05, 0.1) is 23.3 Å². The zero-order valence-electron chi connectivity index (χ0n) is 27.3. The number of carbonyl (C=O) groups is 3. The fourth-order valence-electron chi connectivity index (χ4n) is 5.85. The molecule has 2 heterocycles. The van der Waals surface area contributed by atoms with Crippen LogP contribution in [0.4, 0.5) is 0 Å². The van der Waals surface area contributed by atoms with Crippen molar-refractivity contribution in [1.82, 2.24) is 0 Å². The van der Waals surface area contributed by atoms with Gasteiger partial charge in [-0.2, -0.15) is 0 Å². The molecule has 2 aliphatic heterocycles. The topological polar surface area (TPSA) is 320 Å². The molecule has 19 heteroatoms. The van der Waals surface area contributed by atoms with E-state index >= 15 is 0 Å². The molecule has 19 nitrogen and oxygen atoms in total. The van der Waals surface area contributed by atoms with Gasteiger partial charge in [-0.05, 0) is 48.4 Å². The van der Waals surface area contributed by atoms with Crippen molar-refractivity contribution in [1.29, 1.82) is 0 Å². The highest BCUT2D eigenvalue weighted by molar-refractivity contribution is 6.08.